The molecule has 0 radical (unpaired) electrons. The summed E-state index contributed by atoms with van der Waals surface area (Å²) in [7, 11) is 0. The van der Waals surface area contributed by atoms with E-state index in [9.17, 15) is 4.39 Å². The van der Waals surface area contributed by atoms with Crippen LogP contribution >= 0.6 is 0 Å². The molecular formula is C25H30FN. The first-order chi connectivity index (χ1) is 13.2. The van der Waals surface area contributed by atoms with Gasteiger partial charge in [0, 0.05) is 5.92 Å². The van der Waals surface area contributed by atoms with Crippen molar-refractivity contribution in [3.63, 3.8) is 0 Å². The highest BCUT2D eigenvalue weighted by Crippen LogP contribution is 2.36. The van der Waals surface area contributed by atoms with E-state index in [1.807, 2.05) is 12.1 Å². The maximum absolute atomic E-state index is 13.8. The Kier molecular flexibility index (Phi) is 7.11. The third kappa shape index (κ3) is 5.46. The first-order valence-corrected chi connectivity index (χ1v) is 10.6. The van der Waals surface area contributed by atoms with Gasteiger partial charge >= 0.3 is 0 Å². The molecule has 0 bridgehead atoms. The van der Waals surface area contributed by atoms with Crippen molar-refractivity contribution in [3.8, 4) is 17.9 Å². The summed E-state index contributed by atoms with van der Waals surface area (Å²) in [6.07, 6.45) is 15.4. The molecule has 1 aromatic carbocycles. The lowest BCUT2D eigenvalue weighted by atomic mass is 9.79. The van der Waals surface area contributed by atoms with Crippen molar-refractivity contribution in [1.82, 2.24) is 0 Å². The van der Waals surface area contributed by atoms with Gasteiger partial charge in [0.25, 0.3) is 0 Å². The summed E-state index contributed by atoms with van der Waals surface area (Å²) in [6.45, 7) is 2.30. The van der Waals surface area contributed by atoms with Crippen molar-refractivity contribution >= 4 is 0 Å². The molecular weight excluding hydrogens is 333 g/mol. The molecule has 27 heavy (non-hydrogen) atoms. The van der Waals surface area contributed by atoms with Crippen LogP contribution in [0.15, 0.2) is 30.4 Å². The monoisotopic (exact) mass is 363 g/mol. The summed E-state index contributed by atoms with van der Waals surface area (Å²) in [5, 5.41) is 8.85. The van der Waals surface area contributed by atoms with Crippen molar-refractivity contribution < 1.29 is 4.39 Å². The summed E-state index contributed by atoms with van der Waals surface area (Å²) in [5.74, 6) is 8.85. The van der Waals surface area contributed by atoms with Gasteiger partial charge in [-0.25, -0.2) is 4.39 Å². The number of rotatable bonds is 3. The predicted molar refractivity (Wildman–Crippen MR) is 108 cm³/mol. The summed E-state index contributed by atoms with van der Waals surface area (Å²) in [6, 6.07) is 6.95. The molecule has 1 aromatic rings. The van der Waals surface area contributed by atoms with E-state index in [0.717, 1.165) is 43.1 Å². The normalized spacial score (nSPS) is 28.3. The van der Waals surface area contributed by atoms with Gasteiger partial charge in [-0.1, -0.05) is 37.3 Å². The van der Waals surface area contributed by atoms with E-state index >= 15 is 0 Å². The van der Waals surface area contributed by atoms with Gasteiger partial charge in [-0.05, 0) is 92.9 Å². The van der Waals surface area contributed by atoms with Crippen LogP contribution in [-0.4, -0.2) is 0 Å². The van der Waals surface area contributed by atoms with Crippen LogP contribution in [0.2, 0.25) is 0 Å². The van der Waals surface area contributed by atoms with Crippen molar-refractivity contribution in [2.45, 2.75) is 70.6 Å². The second-order valence-electron chi connectivity index (χ2n) is 8.24. The first-order valence-electron chi connectivity index (χ1n) is 10.6. The van der Waals surface area contributed by atoms with Crippen LogP contribution in [-0.2, 0) is 0 Å². The highest BCUT2D eigenvalue weighted by atomic mass is 19.1. The Labute approximate surface area is 163 Å². The second-order valence-corrected chi connectivity index (χ2v) is 8.24. The van der Waals surface area contributed by atoms with E-state index in [1.54, 1.807) is 12.1 Å². The van der Waals surface area contributed by atoms with Gasteiger partial charge in [-0.2, -0.15) is 5.26 Å². The fraction of sp³-hybridized carbons (Fsp3) is 0.560. The van der Waals surface area contributed by atoms with E-state index in [2.05, 4.69) is 30.9 Å². The quantitative estimate of drug-likeness (QED) is 0.545. The fourth-order valence-electron chi connectivity index (χ4n) is 4.59. The summed E-state index contributed by atoms with van der Waals surface area (Å²) < 4.78 is 13.8. The lowest BCUT2D eigenvalue weighted by Crippen LogP contribution is -2.12. The Balaban J connectivity index is 1.45. The molecule has 2 heteroatoms. The molecule has 3 rings (SSSR count). The predicted octanol–water partition coefficient (Wildman–Crippen LogP) is 6.75. The van der Waals surface area contributed by atoms with Crippen LogP contribution in [0, 0.1) is 46.7 Å². The molecule has 2 aliphatic carbocycles. The molecule has 1 nitrogen and oxygen atoms in total. The number of allylic oxidation sites excluding steroid dienone is 2. The first kappa shape index (κ1) is 19.7. The van der Waals surface area contributed by atoms with Gasteiger partial charge in [-0.15, -0.1) is 0 Å². The molecule has 0 N–H and O–H groups in total. The Morgan fingerprint density at radius 2 is 1.81 bits per heavy atom. The van der Waals surface area contributed by atoms with Crippen LogP contribution in [0.5, 0.6) is 0 Å². The van der Waals surface area contributed by atoms with Gasteiger partial charge in [0.15, 0.2) is 0 Å². The van der Waals surface area contributed by atoms with Gasteiger partial charge < -0.3 is 0 Å². The highest BCUT2D eigenvalue weighted by molar-refractivity contribution is 5.35. The maximum atomic E-state index is 13.8. The second kappa shape index (κ2) is 9.75. The Bertz CT molecular complexity index is 745. The van der Waals surface area contributed by atoms with Crippen molar-refractivity contribution in [1.29, 1.82) is 5.26 Å². The molecule has 142 valence electrons. The number of hydrogen-bond donors (Lipinski definition) is 0. The Morgan fingerprint density at radius 3 is 2.44 bits per heavy atom. The minimum absolute atomic E-state index is 0.133. The molecule has 0 saturated heterocycles. The molecule has 0 spiro atoms. The minimum Gasteiger partial charge on any atom is -0.206 e. The fourth-order valence-corrected chi connectivity index (χ4v) is 4.59. The van der Waals surface area contributed by atoms with Crippen molar-refractivity contribution in [2.24, 2.45) is 17.8 Å². The van der Waals surface area contributed by atoms with Gasteiger partial charge in [-0.3, -0.25) is 0 Å². The average Bonchev–Trinajstić information content (AvgIpc) is 2.72. The van der Waals surface area contributed by atoms with E-state index in [-0.39, 0.29) is 5.56 Å². The molecule has 0 unspecified atom stereocenters. The van der Waals surface area contributed by atoms with Gasteiger partial charge in [0.2, 0.25) is 0 Å². The molecule has 0 heterocycles. The lowest BCUT2D eigenvalue weighted by molar-refractivity contribution is 0.304. The zero-order chi connectivity index (χ0) is 19.1. The molecule has 0 aliphatic heterocycles. The molecule has 2 aliphatic rings. The van der Waals surface area contributed by atoms with Crippen LogP contribution in [0.4, 0.5) is 4.39 Å². The largest absolute Gasteiger partial charge is 0.206 e. The van der Waals surface area contributed by atoms with E-state index < -0.39 is 5.82 Å². The third-order valence-corrected chi connectivity index (χ3v) is 6.52. The molecule has 0 atom stereocenters. The number of halogens is 1. The molecule has 2 fully saturated rings. The number of benzene rings is 1. The summed E-state index contributed by atoms with van der Waals surface area (Å²) >= 11 is 0. The van der Waals surface area contributed by atoms with Crippen LogP contribution in [0.25, 0.3) is 0 Å². The van der Waals surface area contributed by atoms with Gasteiger partial charge in [0.1, 0.15) is 11.9 Å². The Hall–Kier alpha value is -2.06. The van der Waals surface area contributed by atoms with Crippen LogP contribution in [0.1, 0.15) is 81.8 Å². The number of nitriles is 1. The molecule has 2 saturated carbocycles. The third-order valence-electron chi connectivity index (χ3n) is 6.52. The zero-order valence-corrected chi connectivity index (χ0v) is 16.4. The minimum atomic E-state index is -0.393. The number of nitrogens with zero attached hydrogens (tertiary/aromatic N) is 1. The standard InChI is InChI=1S/C25H30FN/c1-2-19-7-9-20(10-8-19)5-3-4-6-21-11-13-22(14-12-21)23-15-16-24(18-27)25(26)17-23/h3,5,15-17,19-22H,2,7-14H2,1H3/t19-,20-,21-,22-. The van der Waals surface area contributed by atoms with Gasteiger partial charge in [0.05, 0.1) is 5.56 Å². The Morgan fingerprint density at radius 1 is 1.07 bits per heavy atom. The maximum Gasteiger partial charge on any atom is 0.141 e. The SMILES string of the molecule is CC[C@H]1CC[C@H](C=CC#C[C@H]2CC[C@H](c3ccc(C#N)c(F)c3)CC2)CC1. The van der Waals surface area contributed by atoms with Crippen molar-refractivity contribution in [3.05, 3.63) is 47.3 Å². The average molecular weight is 364 g/mol. The summed E-state index contributed by atoms with van der Waals surface area (Å²) in [4.78, 5) is 0. The lowest BCUT2D eigenvalue weighted by Gasteiger charge is -2.26. The highest BCUT2D eigenvalue weighted by Gasteiger charge is 2.22. The van der Waals surface area contributed by atoms with E-state index in [1.165, 1.54) is 32.1 Å². The summed E-state index contributed by atoms with van der Waals surface area (Å²) in [5.41, 5.74) is 1.16. The van der Waals surface area contributed by atoms with Crippen LogP contribution in [0.3, 0.4) is 0 Å². The van der Waals surface area contributed by atoms with E-state index in [4.69, 9.17) is 5.26 Å². The van der Waals surface area contributed by atoms with Crippen LogP contribution < -0.4 is 0 Å². The van der Waals surface area contributed by atoms with Crippen molar-refractivity contribution in [2.75, 3.05) is 0 Å². The molecule has 0 aromatic heterocycles. The smallest absolute Gasteiger partial charge is 0.141 e. The van der Waals surface area contributed by atoms with E-state index in [0.29, 0.717) is 11.8 Å². The topological polar surface area (TPSA) is 23.8 Å². The number of hydrogen-bond acceptors (Lipinski definition) is 1. The zero-order valence-electron chi connectivity index (χ0n) is 16.4. The molecule has 0 amide bonds.